The van der Waals surface area contributed by atoms with Crippen LogP contribution in [-0.2, 0) is 0 Å². The maximum Gasteiger partial charge on any atom is 0.345 e. The van der Waals surface area contributed by atoms with Crippen molar-refractivity contribution < 1.29 is 14.6 Å². The molecular formula is C15H17NO4. The lowest BCUT2D eigenvalue weighted by Gasteiger charge is -2.20. The molecule has 1 heterocycles. The summed E-state index contributed by atoms with van der Waals surface area (Å²) in [4.78, 5) is 16.2. The number of nitrogens with zero attached hydrogens (tertiary/aromatic N) is 1. The molecule has 0 atom stereocenters. The molecule has 106 valence electrons. The van der Waals surface area contributed by atoms with Crippen molar-refractivity contribution in [3.63, 3.8) is 0 Å². The van der Waals surface area contributed by atoms with Gasteiger partial charge in [0.25, 0.3) is 0 Å². The third-order valence-electron chi connectivity index (χ3n) is 3.15. The number of para-hydroxylation sites is 1. The molecule has 0 aliphatic rings. The van der Waals surface area contributed by atoms with Crippen LogP contribution < -0.4 is 5.63 Å². The molecule has 1 aromatic carbocycles. The summed E-state index contributed by atoms with van der Waals surface area (Å²) in [6.45, 7) is 2.66. The average Bonchev–Trinajstić information content (AvgIpc) is 2.46. The fourth-order valence-corrected chi connectivity index (χ4v) is 1.90. The predicted molar refractivity (Wildman–Crippen MR) is 77.3 cm³/mol. The van der Waals surface area contributed by atoms with Crippen molar-refractivity contribution in [3.8, 4) is 0 Å². The van der Waals surface area contributed by atoms with E-state index in [2.05, 4.69) is 4.99 Å². The lowest BCUT2D eigenvalue weighted by atomic mass is 10.0. The van der Waals surface area contributed by atoms with E-state index >= 15 is 0 Å². The molecule has 5 nitrogen and oxygen atoms in total. The zero-order valence-corrected chi connectivity index (χ0v) is 11.5. The number of hydrogen-bond acceptors (Lipinski definition) is 5. The van der Waals surface area contributed by atoms with Crippen molar-refractivity contribution in [1.29, 1.82) is 0 Å². The Bertz CT molecular complexity index is 698. The van der Waals surface area contributed by atoms with E-state index in [0.717, 1.165) is 5.39 Å². The molecule has 2 N–H and O–H groups in total. The largest absolute Gasteiger partial charge is 0.422 e. The van der Waals surface area contributed by atoms with E-state index < -0.39 is 11.2 Å². The second-order valence-corrected chi connectivity index (χ2v) is 5.00. The lowest BCUT2D eigenvalue weighted by molar-refractivity contribution is 0.135. The van der Waals surface area contributed by atoms with E-state index in [9.17, 15) is 15.0 Å². The van der Waals surface area contributed by atoms with Gasteiger partial charge in [0.05, 0.1) is 18.8 Å². The summed E-state index contributed by atoms with van der Waals surface area (Å²) in [6, 6.07) is 8.91. The molecule has 0 radical (unpaired) electrons. The van der Waals surface area contributed by atoms with Crippen molar-refractivity contribution in [2.75, 3.05) is 13.2 Å². The molecule has 0 aliphatic heterocycles. The molecule has 0 saturated heterocycles. The Kier molecular flexibility index (Phi) is 4.01. The van der Waals surface area contributed by atoms with Crippen LogP contribution in [0.4, 0.5) is 0 Å². The number of rotatable bonds is 4. The third-order valence-corrected chi connectivity index (χ3v) is 3.15. The van der Waals surface area contributed by atoms with Gasteiger partial charge in [0.15, 0.2) is 0 Å². The highest BCUT2D eigenvalue weighted by molar-refractivity contribution is 6.00. The van der Waals surface area contributed by atoms with Gasteiger partial charge in [0.2, 0.25) is 0 Å². The predicted octanol–water partition coefficient (Wildman–Crippen LogP) is 1.35. The Hall–Kier alpha value is -1.98. The minimum atomic E-state index is -1.01. The topological polar surface area (TPSA) is 83.0 Å². The first-order chi connectivity index (χ1) is 9.49. The van der Waals surface area contributed by atoms with Crippen molar-refractivity contribution in [3.05, 3.63) is 46.3 Å². The molecule has 0 bridgehead atoms. The first kappa shape index (κ1) is 14.4. The highest BCUT2D eigenvalue weighted by Crippen LogP contribution is 2.15. The summed E-state index contributed by atoms with van der Waals surface area (Å²) in [5, 5.41) is 19.3. The number of aliphatic imine (C=N–C) groups is 1. The fraction of sp³-hybridized carbons (Fsp3) is 0.333. The summed E-state index contributed by atoms with van der Waals surface area (Å²) in [5.41, 5.74) is -0.224. The first-order valence-electron chi connectivity index (χ1n) is 6.30. The third kappa shape index (κ3) is 2.79. The van der Waals surface area contributed by atoms with Crippen molar-refractivity contribution >= 4 is 16.7 Å². The number of fused-ring (bicyclic) bond motifs is 1. The standard InChI is InChI=1S/C15H17NO4/c1-10(16-15(2,8-17)9-18)12-7-11-5-3-4-6-13(11)20-14(12)19/h3-7,17-18H,8-9H2,1-2H3. The maximum absolute atomic E-state index is 12.0. The molecule has 1 aromatic heterocycles. The molecule has 2 rings (SSSR count). The SMILES string of the molecule is CC(=NC(C)(CO)CO)c1cc2ccccc2oc1=O. The summed E-state index contributed by atoms with van der Waals surface area (Å²) >= 11 is 0. The molecular weight excluding hydrogens is 258 g/mol. The summed E-state index contributed by atoms with van der Waals surface area (Å²) in [5.74, 6) is 0. The molecule has 0 spiro atoms. The van der Waals surface area contributed by atoms with Crippen LogP contribution in [0.5, 0.6) is 0 Å². The van der Waals surface area contributed by atoms with Gasteiger partial charge >= 0.3 is 5.63 Å². The van der Waals surface area contributed by atoms with Gasteiger partial charge < -0.3 is 14.6 Å². The highest BCUT2D eigenvalue weighted by Gasteiger charge is 2.22. The van der Waals surface area contributed by atoms with Crippen molar-refractivity contribution in [1.82, 2.24) is 0 Å². The summed E-state index contributed by atoms with van der Waals surface area (Å²) in [6.07, 6.45) is 0. The van der Waals surface area contributed by atoms with Crippen LogP contribution in [0.3, 0.4) is 0 Å². The Labute approximate surface area is 116 Å². The van der Waals surface area contributed by atoms with E-state index in [1.165, 1.54) is 0 Å². The molecule has 0 fully saturated rings. The molecule has 2 aromatic rings. The quantitative estimate of drug-likeness (QED) is 0.651. The highest BCUT2D eigenvalue weighted by atomic mass is 16.4. The zero-order valence-electron chi connectivity index (χ0n) is 11.5. The minimum absolute atomic E-state index is 0.306. The van der Waals surface area contributed by atoms with Gasteiger partial charge in [-0.05, 0) is 26.0 Å². The minimum Gasteiger partial charge on any atom is -0.422 e. The fourth-order valence-electron chi connectivity index (χ4n) is 1.90. The van der Waals surface area contributed by atoms with Gasteiger partial charge in [-0.25, -0.2) is 4.79 Å². The van der Waals surface area contributed by atoms with Crippen LogP contribution in [0.25, 0.3) is 11.0 Å². The Morgan fingerprint density at radius 2 is 1.95 bits per heavy atom. The number of aliphatic hydroxyl groups excluding tert-OH is 2. The molecule has 0 unspecified atom stereocenters. The van der Waals surface area contributed by atoms with E-state index in [1.54, 1.807) is 32.0 Å². The monoisotopic (exact) mass is 275 g/mol. The molecule has 20 heavy (non-hydrogen) atoms. The van der Waals surface area contributed by atoms with E-state index in [-0.39, 0.29) is 13.2 Å². The Morgan fingerprint density at radius 3 is 2.60 bits per heavy atom. The van der Waals surface area contributed by atoms with Crippen LogP contribution in [-0.4, -0.2) is 34.7 Å². The summed E-state index contributed by atoms with van der Waals surface area (Å²) < 4.78 is 5.23. The van der Waals surface area contributed by atoms with Crippen molar-refractivity contribution in [2.24, 2.45) is 4.99 Å². The average molecular weight is 275 g/mol. The molecule has 5 heteroatoms. The van der Waals surface area contributed by atoms with Gasteiger partial charge in [0, 0.05) is 11.1 Å². The molecule has 0 aliphatic carbocycles. The molecule has 0 amide bonds. The Morgan fingerprint density at radius 1 is 1.30 bits per heavy atom. The van der Waals surface area contributed by atoms with Gasteiger partial charge in [0.1, 0.15) is 11.1 Å². The van der Waals surface area contributed by atoms with Crippen LogP contribution >= 0.6 is 0 Å². The van der Waals surface area contributed by atoms with Crippen LogP contribution in [0.2, 0.25) is 0 Å². The van der Waals surface area contributed by atoms with E-state index in [4.69, 9.17) is 4.42 Å². The first-order valence-corrected chi connectivity index (χ1v) is 6.30. The number of benzene rings is 1. The lowest BCUT2D eigenvalue weighted by Crippen LogP contribution is -2.33. The second-order valence-electron chi connectivity index (χ2n) is 5.00. The Balaban J connectivity index is 2.55. The normalized spacial score (nSPS) is 12.9. The van der Waals surface area contributed by atoms with Gasteiger partial charge in [-0.15, -0.1) is 0 Å². The van der Waals surface area contributed by atoms with Gasteiger partial charge in [-0.1, -0.05) is 18.2 Å². The van der Waals surface area contributed by atoms with E-state index in [0.29, 0.717) is 16.9 Å². The number of hydrogen-bond donors (Lipinski definition) is 2. The number of aliphatic hydroxyl groups is 2. The zero-order chi connectivity index (χ0) is 14.8. The van der Waals surface area contributed by atoms with Gasteiger partial charge in [-0.3, -0.25) is 4.99 Å². The maximum atomic E-state index is 12.0. The molecule has 0 saturated carbocycles. The summed E-state index contributed by atoms with van der Waals surface area (Å²) in [7, 11) is 0. The van der Waals surface area contributed by atoms with Gasteiger partial charge in [-0.2, -0.15) is 0 Å². The van der Waals surface area contributed by atoms with Crippen molar-refractivity contribution in [2.45, 2.75) is 19.4 Å². The van der Waals surface area contributed by atoms with Crippen LogP contribution in [0, 0.1) is 0 Å². The smallest absolute Gasteiger partial charge is 0.345 e. The van der Waals surface area contributed by atoms with E-state index in [1.807, 2.05) is 12.1 Å². The van der Waals surface area contributed by atoms with Crippen LogP contribution in [0.15, 0.2) is 44.5 Å². The van der Waals surface area contributed by atoms with Crippen LogP contribution in [0.1, 0.15) is 19.4 Å². The second kappa shape index (κ2) is 5.56.